The fourth-order valence-electron chi connectivity index (χ4n) is 2.58. The van der Waals surface area contributed by atoms with Crippen LogP contribution in [0.2, 0.25) is 0 Å². The molecule has 2 unspecified atom stereocenters. The summed E-state index contributed by atoms with van der Waals surface area (Å²) in [6.07, 6.45) is 5.14. The first kappa shape index (κ1) is 10.9. The van der Waals surface area contributed by atoms with Gasteiger partial charge in [0, 0.05) is 6.04 Å². The number of hydrogen-bond acceptors (Lipinski definition) is 4. The summed E-state index contributed by atoms with van der Waals surface area (Å²) in [7, 11) is 1.42. The van der Waals surface area contributed by atoms with E-state index < -0.39 is 0 Å². The Morgan fingerprint density at radius 3 is 2.73 bits per heavy atom. The van der Waals surface area contributed by atoms with E-state index in [0.717, 1.165) is 6.61 Å². The van der Waals surface area contributed by atoms with E-state index in [1.165, 1.54) is 32.8 Å². The van der Waals surface area contributed by atoms with Crippen LogP contribution in [0.25, 0.3) is 0 Å². The second kappa shape index (κ2) is 4.94. The number of morpholine rings is 1. The van der Waals surface area contributed by atoms with E-state index in [0.29, 0.717) is 18.6 Å². The SMILES string of the molecule is COC(=O)C1COCC(C2CCCC2)N1. The van der Waals surface area contributed by atoms with Gasteiger partial charge in [-0.1, -0.05) is 12.8 Å². The van der Waals surface area contributed by atoms with E-state index in [1.54, 1.807) is 0 Å². The summed E-state index contributed by atoms with van der Waals surface area (Å²) in [6, 6.07) is 0.0692. The molecule has 0 aromatic carbocycles. The van der Waals surface area contributed by atoms with Gasteiger partial charge in [-0.25, -0.2) is 0 Å². The average molecular weight is 213 g/mol. The van der Waals surface area contributed by atoms with Gasteiger partial charge in [0.25, 0.3) is 0 Å². The summed E-state index contributed by atoms with van der Waals surface area (Å²) in [5, 5.41) is 3.35. The molecule has 4 heteroatoms. The summed E-state index contributed by atoms with van der Waals surface area (Å²) in [6.45, 7) is 1.17. The van der Waals surface area contributed by atoms with Crippen LogP contribution < -0.4 is 5.32 Å². The van der Waals surface area contributed by atoms with Crippen LogP contribution in [-0.2, 0) is 14.3 Å². The van der Waals surface area contributed by atoms with Crippen molar-refractivity contribution >= 4 is 5.97 Å². The standard InChI is InChI=1S/C11H19NO3/c1-14-11(13)10-7-15-6-9(12-10)8-4-2-3-5-8/h8-10,12H,2-7H2,1H3. The van der Waals surface area contributed by atoms with Crippen LogP contribution >= 0.6 is 0 Å². The van der Waals surface area contributed by atoms with Gasteiger partial charge in [0.1, 0.15) is 6.04 Å². The Bertz CT molecular complexity index is 226. The summed E-state index contributed by atoms with van der Waals surface area (Å²) < 4.78 is 10.2. The summed E-state index contributed by atoms with van der Waals surface area (Å²) in [5.74, 6) is 0.468. The number of esters is 1. The zero-order chi connectivity index (χ0) is 10.7. The van der Waals surface area contributed by atoms with E-state index in [9.17, 15) is 4.79 Å². The first-order valence-electron chi connectivity index (χ1n) is 5.73. The molecular weight excluding hydrogens is 194 g/mol. The van der Waals surface area contributed by atoms with Crippen LogP contribution in [0.4, 0.5) is 0 Å². The van der Waals surface area contributed by atoms with Crippen molar-refractivity contribution in [3.63, 3.8) is 0 Å². The van der Waals surface area contributed by atoms with Crippen LogP contribution in [0.5, 0.6) is 0 Å². The Morgan fingerprint density at radius 1 is 1.33 bits per heavy atom. The Hall–Kier alpha value is -0.610. The third-order valence-corrected chi connectivity index (χ3v) is 3.45. The molecule has 86 valence electrons. The zero-order valence-electron chi connectivity index (χ0n) is 9.20. The monoisotopic (exact) mass is 213 g/mol. The van der Waals surface area contributed by atoms with Crippen LogP contribution in [0, 0.1) is 5.92 Å². The molecule has 2 fully saturated rings. The highest BCUT2D eigenvalue weighted by Gasteiger charge is 2.33. The van der Waals surface area contributed by atoms with Crippen molar-refractivity contribution in [2.24, 2.45) is 5.92 Å². The molecule has 1 aliphatic heterocycles. The largest absolute Gasteiger partial charge is 0.468 e. The number of rotatable bonds is 2. The van der Waals surface area contributed by atoms with Crippen LogP contribution in [0.3, 0.4) is 0 Å². The van der Waals surface area contributed by atoms with Crippen molar-refractivity contribution in [2.45, 2.75) is 37.8 Å². The van der Waals surface area contributed by atoms with Gasteiger partial charge in [-0.05, 0) is 18.8 Å². The molecule has 1 saturated heterocycles. The van der Waals surface area contributed by atoms with Crippen molar-refractivity contribution in [2.75, 3.05) is 20.3 Å². The molecule has 15 heavy (non-hydrogen) atoms. The Labute approximate surface area is 90.3 Å². The van der Waals surface area contributed by atoms with Gasteiger partial charge >= 0.3 is 5.97 Å². The molecule has 2 aliphatic rings. The van der Waals surface area contributed by atoms with Gasteiger partial charge < -0.3 is 9.47 Å². The van der Waals surface area contributed by atoms with Crippen LogP contribution in [-0.4, -0.2) is 38.4 Å². The Morgan fingerprint density at radius 2 is 2.07 bits per heavy atom. The topological polar surface area (TPSA) is 47.6 Å². The molecular formula is C11H19NO3. The van der Waals surface area contributed by atoms with Crippen molar-refractivity contribution in [3.8, 4) is 0 Å². The summed E-state index contributed by atoms with van der Waals surface area (Å²) in [5.41, 5.74) is 0. The highest BCUT2D eigenvalue weighted by molar-refractivity contribution is 5.75. The van der Waals surface area contributed by atoms with Crippen molar-refractivity contribution in [1.29, 1.82) is 0 Å². The molecule has 4 nitrogen and oxygen atoms in total. The Balaban J connectivity index is 1.88. The molecule has 0 spiro atoms. The third kappa shape index (κ3) is 2.49. The molecule has 0 radical (unpaired) electrons. The van der Waals surface area contributed by atoms with E-state index in [-0.39, 0.29) is 12.0 Å². The first-order chi connectivity index (χ1) is 7.31. The Kier molecular flexibility index (Phi) is 3.59. The molecule has 2 atom stereocenters. The number of carbonyl (C=O) groups is 1. The second-order valence-electron chi connectivity index (χ2n) is 4.43. The molecule has 0 bridgehead atoms. The number of ether oxygens (including phenoxy) is 2. The number of nitrogens with one attached hydrogen (secondary N) is 1. The van der Waals surface area contributed by atoms with Gasteiger partial charge in [-0.15, -0.1) is 0 Å². The minimum atomic E-state index is -0.269. The maximum atomic E-state index is 11.4. The maximum Gasteiger partial charge on any atom is 0.325 e. The molecule has 0 amide bonds. The lowest BCUT2D eigenvalue weighted by atomic mass is 9.97. The molecule has 2 rings (SSSR count). The van der Waals surface area contributed by atoms with Gasteiger partial charge in [-0.2, -0.15) is 0 Å². The highest BCUT2D eigenvalue weighted by atomic mass is 16.5. The highest BCUT2D eigenvalue weighted by Crippen LogP contribution is 2.29. The van der Waals surface area contributed by atoms with E-state index >= 15 is 0 Å². The minimum Gasteiger partial charge on any atom is -0.468 e. The molecule has 1 heterocycles. The third-order valence-electron chi connectivity index (χ3n) is 3.45. The van der Waals surface area contributed by atoms with Crippen molar-refractivity contribution in [3.05, 3.63) is 0 Å². The quantitative estimate of drug-likeness (QED) is 0.686. The normalized spacial score (nSPS) is 32.9. The first-order valence-corrected chi connectivity index (χ1v) is 5.73. The smallest absolute Gasteiger partial charge is 0.325 e. The van der Waals surface area contributed by atoms with E-state index in [2.05, 4.69) is 5.32 Å². The molecule has 1 N–H and O–H groups in total. The van der Waals surface area contributed by atoms with Gasteiger partial charge in [0.05, 0.1) is 20.3 Å². The lowest BCUT2D eigenvalue weighted by Gasteiger charge is -2.33. The lowest BCUT2D eigenvalue weighted by Crippen LogP contribution is -2.55. The maximum absolute atomic E-state index is 11.4. The van der Waals surface area contributed by atoms with Crippen LogP contribution in [0.1, 0.15) is 25.7 Å². The minimum absolute atomic E-state index is 0.210. The summed E-state index contributed by atoms with van der Waals surface area (Å²) >= 11 is 0. The molecule has 1 saturated carbocycles. The predicted octanol–water partition coefficient (Wildman–Crippen LogP) is 0.707. The van der Waals surface area contributed by atoms with E-state index in [1.807, 2.05) is 0 Å². The predicted molar refractivity (Wildman–Crippen MR) is 55.5 cm³/mol. The second-order valence-corrected chi connectivity index (χ2v) is 4.43. The molecule has 0 aromatic heterocycles. The number of hydrogen-bond donors (Lipinski definition) is 1. The lowest BCUT2D eigenvalue weighted by molar-refractivity contribution is -0.147. The number of methoxy groups -OCH3 is 1. The number of carbonyl (C=O) groups excluding carboxylic acids is 1. The fourth-order valence-corrected chi connectivity index (χ4v) is 2.58. The van der Waals surface area contributed by atoms with Crippen molar-refractivity contribution in [1.82, 2.24) is 5.32 Å². The van der Waals surface area contributed by atoms with Crippen LogP contribution in [0.15, 0.2) is 0 Å². The average Bonchev–Trinajstić information content (AvgIpc) is 2.82. The van der Waals surface area contributed by atoms with Gasteiger partial charge in [0.15, 0.2) is 0 Å². The molecule has 0 aromatic rings. The van der Waals surface area contributed by atoms with Crippen molar-refractivity contribution < 1.29 is 14.3 Å². The zero-order valence-corrected chi connectivity index (χ0v) is 9.20. The molecule has 1 aliphatic carbocycles. The van der Waals surface area contributed by atoms with Gasteiger partial charge in [0.2, 0.25) is 0 Å². The van der Waals surface area contributed by atoms with Gasteiger partial charge in [-0.3, -0.25) is 10.1 Å². The summed E-state index contributed by atoms with van der Waals surface area (Å²) in [4.78, 5) is 11.4. The van der Waals surface area contributed by atoms with E-state index in [4.69, 9.17) is 9.47 Å². The fraction of sp³-hybridized carbons (Fsp3) is 0.909.